The van der Waals surface area contributed by atoms with Crippen LogP contribution in [0, 0.1) is 0 Å². The molecule has 1 saturated heterocycles. The third-order valence-electron chi connectivity index (χ3n) is 3.15. The summed E-state index contributed by atoms with van der Waals surface area (Å²) in [7, 11) is -3.52. The van der Waals surface area contributed by atoms with Gasteiger partial charge in [0.1, 0.15) is 18.2 Å². The van der Waals surface area contributed by atoms with Gasteiger partial charge in [0.15, 0.2) is 0 Å². The number of morpholine rings is 1. The summed E-state index contributed by atoms with van der Waals surface area (Å²) in [5.74, 6) is -0.0750. The highest BCUT2D eigenvalue weighted by atomic mass is 32.2. The summed E-state index contributed by atoms with van der Waals surface area (Å²) in [6.07, 6.45) is 1.22. The van der Waals surface area contributed by atoms with Crippen molar-refractivity contribution in [3.63, 3.8) is 0 Å². The van der Waals surface area contributed by atoms with E-state index in [1.807, 2.05) is 0 Å². The molecule has 2 rings (SSSR count). The van der Waals surface area contributed by atoms with Gasteiger partial charge in [-0.25, -0.2) is 12.8 Å². The Hall–Kier alpha value is -1.48. The van der Waals surface area contributed by atoms with Gasteiger partial charge in [-0.3, -0.25) is 0 Å². The zero-order valence-electron chi connectivity index (χ0n) is 12.1. The maximum absolute atomic E-state index is 13.1. The van der Waals surface area contributed by atoms with Crippen LogP contribution in [0.15, 0.2) is 41.1 Å². The largest absolute Gasteiger partial charge is 0.487 e. The van der Waals surface area contributed by atoms with Crippen LogP contribution in [0.1, 0.15) is 0 Å². The number of rotatable bonds is 6. The lowest BCUT2D eigenvalue weighted by Crippen LogP contribution is -2.40. The molecule has 1 fully saturated rings. The Labute approximate surface area is 129 Å². The van der Waals surface area contributed by atoms with Crippen LogP contribution in [-0.4, -0.2) is 52.2 Å². The van der Waals surface area contributed by atoms with Crippen LogP contribution in [0.3, 0.4) is 0 Å². The fraction of sp³-hybridized carbons (Fsp3) is 0.429. The second kappa shape index (κ2) is 7.68. The number of nitrogens with two attached hydrogens (primary N) is 1. The van der Waals surface area contributed by atoms with Gasteiger partial charge in [0.05, 0.1) is 18.1 Å². The third-order valence-corrected chi connectivity index (χ3v) is 5.06. The zero-order valence-corrected chi connectivity index (χ0v) is 12.9. The van der Waals surface area contributed by atoms with Crippen molar-refractivity contribution in [2.24, 2.45) is 5.73 Å². The topological polar surface area (TPSA) is 81.9 Å². The van der Waals surface area contributed by atoms with Crippen LogP contribution < -0.4 is 10.5 Å². The summed E-state index contributed by atoms with van der Waals surface area (Å²) in [6, 6.07) is 5.90. The van der Waals surface area contributed by atoms with E-state index in [2.05, 4.69) is 0 Å². The molecule has 22 heavy (non-hydrogen) atoms. The van der Waals surface area contributed by atoms with E-state index in [4.69, 9.17) is 15.2 Å². The van der Waals surface area contributed by atoms with E-state index in [0.29, 0.717) is 32.1 Å². The lowest BCUT2D eigenvalue weighted by atomic mass is 10.3. The number of halogens is 1. The number of hydrogen-bond acceptors (Lipinski definition) is 5. The Morgan fingerprint density at radius 1 is 1.32 bits per heavy atom. The molecule has 1 aliphatic heterocycles. The standard InChI is InChI=1S/C14H19FN2O4S/c15-12(5-6-16)11-21-13-1-3-14(4-2-13)22(18,19)17-7-9-20-10-8-17/h1-5H,6-11,16H2/b12-5+. The lowest BCUT2D eigenvalue weighted by Gasteiger charge is -2.26. The van der Waals surface area contributed by atoms with Crippen LogP contribution in [0.25, 0.3) is 0 Å². The van der Waals surface area contributed by atoms with Crippen LogP contribution in [0.5, 0.6) is 5.75 Å². The van der Waals surface area contributed by atoms with Gasteiger partial charge in [-0.2, -0.15) is 4.31 Å². The molecule has 0 spiro atoms. The van der Waals surface area contributed by atoms with Crippen molar-refractivity contribution in [3.8, 4) is 5.75 Å². The summed E-state index contributed by atoms with van der Waals surface area (Å²) in [5.41, 5.74) is 5.18. The maximum Gasteiger partial charge on any atom is 0.243 e. The normalized spacial score (nSPS) is 17.5. The molecule has 122 valence electrons. The number of nitrogens with zero attached hydrogens (tertiary/aromatic N) is 1. The van der Waals surface area contributed by atoms with Crippen LogP contribution in [0.4, 0.5) is 4.39 Å². The summed E-state index contributed by atoms with van der Waals surface area (Å²) < 4.78 is 49.7. The molecular weight excluding hydrogens is 311 g/mol. The SMILES string of the molecule is NC/C=C(/F)COc1ccc(S(=O)(=O)N2CCOCC2)cc1. The highest BCUT2D eigenvalue weighted by Gasteiger charge is 2.26. The summed E-state index contributed by atoms with van der Waals surface area (Å²) in [5, 5.41) is 0. The van der Waals surface area contributed by atoms with Gasteiger partial charge in [0.2, 0.25) is 10.0 Å². The predicted octanol–water partition coefficient (Wildman–Crippen LogP) is 0.898. The van der Waals surface area contributed by atoms with E-state index in [9.17, 15) is 12.8 Å². The van der Waals surface area contributed by atoms with E-state index >= 15 is 0 Å². The van der Waals surface area contributed by atoms with Gasteiger partial charge in [-0.05, 0) is 30.3 Å². The van der Waals surface area contributed by atoms with Gasteiger partial charge in [0, 0.05) is 19.6 Å². The smallest absolute Gasteiger partial charge is 0.243 e. The Balaban J connectivity index is 2.03. The minimum absolute atomic E-state index is 0.103. The molecular formula is C14H19FN2O4S. The van der Waals surface area contributed by atoms with Gasteiger partial charge < -0.3 is 15.2 Å². The number of ether oxygens (including phenoxy) is 2. The first-order chi connectivity index (χ1) is 10.5. The van der Waals surface area contributed by atoms with E-state index in [0.717, 1.165) is 0 Å². The first-order valence-electron chi connectivity index (χ1n) is 6.89. The highest BCUT2D eigenvalue weighted by Crippen LogP contribution is 2.20. The molecule has 0 atom stereocenters. The lowest BCUT2D eigenvalue weighted by molar-refractivity contribution is 0.0730. The molecule has 1 heterocycles. The molecule has 0 radical (unpaired) electrons. The monoisotopic (exact) mass is 330 g/mol. The number of sulfonamides is 1. The molecule has 0 unspecified atom stereocenters. The van der Waals surface area contributed by atoms with E-state index < -0.39 is 15.9 Å². The van der Waals surface area contributed by atoms with Crippen molar-refractivity contribution < 1.29 is 22.3 Å². The fourth-order valence-electron chi connectivity index (χ4n) is 1.98. The number of hydrogen-bond donors (Lipinski definition) is 1. The van der Waals surface area contributed by atoms with E-state index in [1.54, 1.807) is 0 Å². The molecule has 1 aromatic rings. The number of benzene rings is 1. The first kappa shape index (κ1) is 16.9. The van der Waals surface area contributed by atoms with Gasteiger partial charge in [-0.15, -0.1) is 0 Å². The van der Waals surface area contributed by atoms with Gasteiger partial charge in [0.25, 0.3) is 0 Å². The molecule has 1 aromatic carbocycles. The second-order valence-corrected chi connectivity index (χ2v) is 6.60. The summed E-state index contributed by atoms with van der Waals surface area (Å²) >= 11 is 0. The van der Waals surface area contributed by atoms with Crippen molar-refractivity contribution in [2.75, 3.05) is 39.5 Å². The quantitative estimate of drug-likeness (QED) is 0.838. The van der Waals surface area contributed by atoms with Crippen molar-refractivity contribution >= 4 is 10.0 Å². The average Bonchev–Trinajstić information content (AvgIpc) is 2.54. The maximum atomic E-state index is 13.1. The molecule has 0 amide bonds. The molecule has 0 bridgehead atoms. The molecule has 0 aliphatic carbocycles. The van der Waals surface area contributed by atoms with Crippen molar-refractivity contribution in [3.05, 3.63) is 36.2 Å². The predicted molar refractivity (Wildman–Crippen MR) is 79.8 cm³/mol. The van der Waals surface area contributed by atoms with E-state index in [1.165, 1.54) is 34.6 Å². The van der Waals surface area contributed by atoms with Crippen molar-refractivity contribution in [1.29, 1.82) is 0 Å². The Morgan fingerprint density at radius 2 is 1.95 bits per heavy atom. The second-order valence-electron chi connectivity index (χ2n) is 4.66. The Morgan fingerprint density at radius 3 is 2.55 bits per heavy atom. The molecule has 8 heteroatoms. The Bertz CT molecular complexity index is 610. The zero-order chi connectivity index (χ0) is 16.0. The average molecular weight is 330 g/mol. The molecule has 0 saturated carbocycles. The van der Waals surface area contributed by atoms with Gasteiger partial charge >= 0.3 is 0 Å². The highest BCUT2D eigenvalue weighted by molar-refractivity contribution is 7.89. The van der Waals surface area contributed by atoms with Crippen LogP contribution >= 0.6 is 0 Å². The first-order valence-corrected chi connectivity index (χ1v) is 8.33. The Kier molecular flexibility index (Phi) is 5.90. The van der Waals surface area contributed by atoms with Gasteiger partial charge in [-0.1, -0.05) is 0 Å². The third kappa shape index (κ3) is 4.26. The minimum atomic E-state index is -3.52. The van der Waals surface area contributed by atoms with Crippen molar-refractivity contribution in [2.45, 2.75) is 4.90 Å². The molecule has 6 nitrogen and oxygen atoms in total. The van der Waals surface area contributed by atoms with Crippen LogP contribution in [0.2, 0.25) is 0 Å². The fourth-order valence-corrected chi connectivity index (χ4v) is 3.39. The molecule has 1 aliphatic rings. The minimum Gasteiger partial charge on any atom is -0.487 e. The van der Waals surface area contributed by atoms with E-state index in [-0.39, 0.29) is 18.0 Å². The molecule has 0 aromatic heterocycles. The molecule has 2 N–H and O–H groups in total. The van der Waals surface area contributed by atoms with Crippen LogP contribution in [-0.2, 0) is 14.8 Å². The summed E-state index contributed by atoms with van der Waals surface area (Å²) in [4.78, 5) is 0.180. The van der Waals surface area contributed by atoms with Crippen molar-refractivity contribution in [1.82, 2.24) is 4.31 Å². The summed E-state index contributed by atoms with van der Waals surface area (Å²) in [6.45, 7) is 1.35.